The van der Waals surface area contributed by atoms with Crippen LogP contribution in [0, 0.1) is 10.1 Å². The molecule has 1 N–H and O–H groups in total. The van der Waals surface area contributed by atoms with E-state index in [-0.39, 0.29) is 17.8 Å². The molecule has 114 valence electrons. The summed E-state index contributed by atoms with van der Waals surface area (Å²) in [6.07, 6.45) is 6.27. The highest BCUT2D eigenvalue weighted by molar-refractivity contribution is 5.72. The van der Waals surface area contributed by atoms with Gasteiger partial charge in [-0.3, -0.25) is 19.9 Å². The van der Waals surface area contributed by atoms with Crippen molar-refractivity contribution in [1.82, 2.24) is 4.98 Å². The van der Waals surface area contributed by atoms with Gasteiger partial charge < -0.3 is 9.84 Å². The number of hydrogen-bond donors (Lipinski definition) is 1. The maximum Gasteiger partial charge on any atom is 0.302 e. The van der Waals surface area contributed by atoms with E-state index in [2.05, 4.69) is 9.72 Å². The number of esters is 1. The van der Waals surface area contributed by atoms with Crippen LogP contribution in [-0.2, 0) is 9.53 Å². The molecule has 1 aliphatic rings. The SMILES string of the molecule is COC(C)=O.O=[N+]([O-])c1cnccc1C1=CCC(O)CC1. The van der Waals surface area contributed by atoms with Crippen molar-refractivity contribution < 1.29 is 19.6 Å². The van der Waals surface area contributed by atoms with Crippen molar-refractivity contribution in [2.75, 3.05) is 7.11 Å². The number of rotatable bonds is 2. The van der Waals surface area contributed by atoms with E-state index >= 15 is 0 Å². The van der Waals surface area contributed by atoms with Gasteiger partial charge >= 0.3 is 5.97 Å². The van der Waals surface area contributed by atoms with E-state index in [0.29, 0.717) is 24.8 Å². The number of pyridine rings is 1. The fourth-order valence-electron chi connectivity index (χ4n) is 1.87. The zero-order chi connectivity index (χ0) is 15.8. The lowest BCUT2D eigenvalue weighted by molar-refractivity contribution is -0.385. The number of methoxy groups -OCH3 is 1. The Morgan fingerprint density at radius 3 is 2.71 bits per heavy atom. The third-order valence-electron chi connectivity index (χ3n) is 3.01. The molecule has 0 saturated heterocycles. The van der Waals surface area contributed by atoms with E-state index in [1.807, 2.05) is 6.08 Å². The minimum Gasteiger partial charge on any atom is -0.469 e. The van der Waals surface area contributed by atoms with Gasteiger partial charge in [-0.15, -0.1) is 0 Å². The second-order valence-corrected chi connectivity index (χ2v) is 4.50. The summed E-state index contributed by atoms with van der Waals surface area (Å²) in [6.45, 7) is 1.36. The number of aliphatic hydroxyl groups is 1. The van der Waals surface area contributed by atoms with Crippen LogP contribution in [0.2, 0.25) is 0 Å². The van der Waals surface area contributed by atoms with Crippen molar-refractivity contribution in [2.24, 2.45) is 0 Å². The minimum atomic E-state index is -0.422. The van der Waals surface area contributed by atoms with Gasteiger partial charge in [0.1, 0.15) is 6.20 Å². The summed E-state index contributed by atoms with van der Waals surface area (Å²) in [5.74, 6) is -0.245. The van der Waals surface area contributed by atoms with Crippen molar-refractivity contribution in [3.63, 3.8) is 0 Å². The van der Waals surface area contributed by atoms with Crippen LogP contribution in [0.4, 0.5) is 5.69 Å². The highest BCUT2D eigenvalue weighted by Gasteiger charge is 2.20. The first-order valence-electron chi connectivity index (χ1n) is 6.46. The quantitative estimate of drug-likeness (QED) is 0.509. The van der Waals surface area contributed by atoms with E-state index in [9.17, 15) is 20.0 Å². The Morgan fingerprint density at radius 2 is 2.24 bits per heavy atom. The number of aromatic nitrogens is 1. The molecule has 1 aromatic rings. The summed E-state index contributed by atoms with van der Waals surface area (Å²) >= 11 is 0. The van der Waals surface area contributed by atoms with Gasteiger partial charge in [-0.05, 0) is 30.9 Å². The van der Waals surface area contributed by atoms with Crippen LogP contribution >= 0.6 is 0 Å². The first-order valence-corrected chi connectivity index (χ1v) is 6.46. The number of carbonyl (C=O) groups excluding carboxylic acids is 1. The van der Waals surface area contributed by atoms with Crippen molar-refractivity contribution in [1.29, 1.82) is 0 Å². The molecule has 1 unspecified atom stereocenters. The Hall–Kier alpha value is -2.28. The summed E-state index contributed by atoms with van der Waals surface area (Å²) < 4.78 is 4.11. The van der Waals surface area contributed by atoms with Gasteiger partial charge in [0.25, 0.3) is 5.69 Å². The molecule has 0 aliphatic heterocycles. The van der Waals surface area contributed by atoms with Gasteiger partial charge in [-0.25, -0.2) is 0 Å². The Labute approximate surface area is 122 Å². The highest BCUT2D eigenvalue weighted by Crippen LogP contribution is 2.31. The van der Waals surface area contributed by atoms with Gasteiger partial charge in [-0.2, -0.15) is 0 Å². The molecule has 1 aliphatic carbocycles. The zero-order valence-electron chi connectivity index (χ0n) is 12.0. The number of allylic oxidation sites excluding steroid dienone is 1. The van der Waals surface area contributed by atoms with E-state index in [4.69, 9.17) is 0 Å². The van der Waals surface area contributed by atoms with Gasteiger partial charge in [0.15, 0.2) is 0 Å². The smallest absolute Gasteiger partial charge is 0.302 e. The number of nitro groups is 1. The van der Waals surface area contributed by atoms with E-state index in [1.54, 1.807) is 12.3 Å². The van der Waals surface area contributed by atoms with Gasteiger partial charge in [0.05, 0.1) is 23.7 Å². The van der Waals surface area contributed by atoms with Crippen molar-refractivity contribution >= 4 is 17.2 Å². The van der Waals surface area contributed by atoms with E-state index in [0.717, 1.165) is 5.57 Å². The lowest BCUT2D eigenvalue weighted by Gasteiger charge is -2.17. The normalized spacial score (nSPS) is 17.1. The topological polar surface area (TPSA) is 103 Å². The standard InChI is InChI=1S/C11H12N2O3.C3H6O2/c14-9-3-1-8(2-4-9)10-5-6-12-7-11(10)13(15)16;1-3(4)5-2/h1,5-7,9,14H,2-4H2;1-2H3. The van der Waals surface area contributed by atoms with Crippen LogP contribution in [0.25, 0.3) is 5.57 Å². The summed E-state index contributed by atoms with van der Waals surface area (Å²) in [5, 5.41) is 20.2. The summed E-state index contributed by atoms with van der Waals surface area (Å²) in [5.41, 5.74) is 1.58. The van der Waals surface area contributed by atoms with Crippen LogP contribution in [0.1, 0.15) is 31.7 Å². The number of ether oxygens (including phenoxy) is 1. The van der Waals surface area contributed by atoms with Crippen LogP contribution in [0.15, 0.2) is 24.5 Å². The molecular formula is C14H18N2O5. The largest absolute Gasteiger partial charge is 0.469 e. The summed E-state index contributed by atoms with van der Waals surface area (Å²) in [7, 11) is 1.35. The Kier molecular flexibility index (Phi) is 6.48. The van der Waals surface area contributed by atoms with Crippen LogP contribution < -0.4 is 0 Å². The summed E-state index contributed by atoms with van der Waals surface area (Å²) in [6, 6.07) is 1.65. The minimum absolute atomic E-state index is 0.0325. The lowest BCUT2D eigenvalue weighted by Crippen LogP contribution is -2.10. The summed E-state index contributed by atoms with van der Waals surface area (Å²) in [4.78, 5) is 23.7. The molecule has 0 amide bonds. The molecule has 0 bridgehead atoms. The number of carbonyl (C=O) groups is 1. The first-order chi connectivity index (χ1) is 9.95. The maximum absolute atomic E-state index is 10.8. The predicted molar refractivity (Wildman–Crippen MR) is 76.4 cm³/mol. The van der Waals surface area contributed by atoms with E-state index < -0.39 is 4.92 Å². The average molecular weight is 294 g/mol. The molecule has 0 radical (unpaired) electrons. The average Bonchev–Trinajstić information content (AvgIpc) is 2.48. The third kappa shape index (κ3) is 5.31. The van der Waals surface area contributed by atoms with Gasteiger partial charge in [0, 0.05) is 13.1 Å². The number of nitrogens with zero attached hydrogens (tertiary/aromatic N) is 2. The zero-order valence-corrected chi connectivity index (χ0v) is 12.0. The molecule has 0 spiro atoms. The number of hydrogen-bond acceptors (Lipinski definition) is 6. The fraction of sp³-hybridized carbons (Fsp3) is 0.429. The molecular weight excluding hydrogens is 276 g/mol. The maximum atomic E-state index is 10.8. The third-order valence-corrected chi connectivity index (χ3v) is 3.01. The Balaban J connectivity index is 0.000000383. The molecule has 1 atom stereocenters. The lowest BCUT2D eigenvalue weighted by atomic mass is 9.92. The van der Waals surface area contributed by atoms with Crippen LogP contribution in [-0.4, -0.2) is 34.2 Å². The van der Waals surface area contributed by atoms with Crippen LogP contribution in [0.5, 0.6) is 0 Å². The molecule has 21 heavy (non-hydrogen) atoms. The second-order valence-electron chi connectivity index (χ2n) is 4.50. The highest BCUT2D eigenvalue weighted by atomic mass is 16.6. The monoisotopic (exact) mass is 294 g/mol. The van der Waals surface area contributed by atoms with Crippen molar-refractivity contribution in [3.8, 4) is 0 Å². The van der Waals surface area contributed by atoms with Gasteiger partial charge in [0.2, 0.25) is 0 Å². The molecule has 0 aromatic carbocycles. The Morgan fingerprint density at radius 1 is 1.57 bits per heavy atom. The predicted octanol–water partition coefficient (Wildman–Crippen LogP) is 2.10. The molecule has 0 fully saturated rings. The fourth-order valence-corrected chi connectivity index (χ4v) is 1.87. The second kappa shape index (κ2) is 8.11. The van der Waals surface area contributed by atoms with E-state index in [1.165, 1.54) is 20.2 Å². The molecule has 7 nitrogen and oxygen atoms in total. The van der Waals surface area contributed by atoms with Crippen LogP contribution in [0.3, 0.4) is 0 Å². The first kappa shape index (κ1) is 16.8. The van der Waals surface area contributed by atoms with Gasteiger partial charge in [-0.1, -0.05) is 6.08 Å². The molecule has 1 heterocycles. The Bertz CT molecular complexity index is 542. The molecule has 0 saturated carbocycles. The molecule has 7 heteroatoms. The molecule has 1 aromatic heterocycles. The van der Waals surface area contributed by atoms with Crippen molar-refractivity contribution in [2.45, 2.75) is 32.3 Å². The number of aliphatic hydroxyl groups excluding tert-OH is 1. The molecule has 2 rings (SSSR count). The van der Waals surface area contributed by atoms with Crippen molar-refractivity contribution in [3.05, 3.63) is 40.2 Å².